The molecule has 6 heteroatoms. The predicted molar refractivity (Wildman–Crippen MR) is 188 cm³/mol. The van der Waals surface area contributed by atoms with E-state index in [9.17, 15) is 10.5 Å². The van der Waals surface area contributed by atoms with Crippen molar-refractivity contribution in [1.29, 1.82) is 10.5 Å². The molecule has 0 N–H and O–H groups in total. The van der Waals surface area contributed by atoms with Gasteiger partial charge in [-0.15, -0.1) is 0 Å². The summed E-state index contributed by atoms with van der Waals surface area (Å²) >= 11 is 0. The fraction of sp³-hybridized carbons (Fsp3) is 0.0244. The van der Waals surface area contributed by atoms with E-state index in [4.69, 9.17) is 19.9 Å². The fourth-order valence-corrected chi connectivity index (χ4v) is 5.75. The third kappa shape index (κ3) is 5.42. The van der Waals surface area contributed by atoms with Crippen molar-refractivity contribution in [3.05, 3.63) is 151 Å². The van der Waals surface area contributed by atoms with Crippen LogP contribution in [0.4, 0.5) is 0 Å². The zero-order chi connectivity index (χ0) is 32.3. The van der Waals surface area contributed by atoms with Gasteiger partial charge in [-0.2, -0.15) is 10.5 Å². The van der Waals surface area contributed by atoms with Crippen molar-refractivity contribution in [2.45, 2.75) is 6.92 Å². The molecule has 0 spiro atoms. The van der Waals surface area contributed by atoms with Gasteiger partial charge in [-0.25, -0.2) is 19.9 Å². The minimum Gasteiger partial charge on any atom is -0.244 e. The summed E-state index contributed by atoms with van der Waals surface area (Å²) in [6.07, 6.45) is 3.62. The van der Waals surface area contributed by atoms with Crippen LogP contribution in [0.5, 0.6) is 0 Å². The summed E-state index contributed by atoms with van der Waals surface area (Å²) in [6.45, 7) is 5.81. The molecule has 0 saturated heterocycles. The van der Waals surface area contributed by atoms with Gasteiger partial charge in [0.2, 0.25) is 0 Å². The first-order valence-corrected chi connectivity index (χ1v) is 15.1. The SMILES string of the molecule is C=C/C=C(\C)c1nc2ccc(-c3ccc4nc(-c5ccccc5)c(-c5ccccc5C#N)nc4c3)cc2nc1-c1ccccc1C#N. The van der Waals surface area contributed by atoms with E-state index in [0.717, 1.165) is 50.1 Å². The molecule has 2 heterocycles. The molecule has 0 aliphatic carbocycles. The molecule has 0 amide bonds. The maximum absolute atomic E-state index is 9.90. The van der Waals surface area contributed by atoms with Crippen LogP contribution in [0.25, 0.3) is 72.5 Å². The van der Waals surface area contributed by atoms with Gasteiger partial charge in [0.25, 0.3) is 0 Å². The Morgan fingerprint density at radius 2 is 1.06 bits per heavy atom. The number of aromatic nitrogens is 4. The second-order valence-electron chi connectivity index (χ2n) is 11.0. The van der Waals surface area contributed by atoms with Crippen molar-refractivity contribution < 1.29 is 0 Å². The Morgan fingerprint density at radius 1 is 0.553 bits per heavy atom. The van der Waals surface area contributed by atoms with E-state index in [2.05, 4.69) is 18.7 Å². The number of fused-ring (bicyclic) bond motifs is 2. The van der Waals surface area contributed by atoms with E-state index >= 15 is 0 Å². The highest BCUT2D eigenvalue weighted by Crippen LogP contribution is 2.35. The number of allylic oxidation sites excluding steroid dienone is 3. The monoisotopic (exact) mass is 602 g/mol. The standard InChI is InChI=1S/C41H26N6/c1-3-11-26(2)38-40(32-16-9-7-14-30(32)24-42)46-36-22-28(18-20-34(36)44-38)29-19-21-35-37(23-29)47-41(33-17-10-8-15-31(33)25-43)39(45-35)27-12-5-4-6-13-27/h3-23H,1H2,2H3/b26-11+. The molecule has 0 saturated carbocycles. The molecule has 220 valence electrons. The molecular formula is C41H26N6. The van der Waals surface area contributed by atoms with E-state index in [1.165, 1.54) is 0 Å². The minimum absolute atomic E-state index is 0.529. The lowest BCUT2D eigenvalue weighted by Crippen LogP contribution is -1.99. The second kappa shape index (κ2) is 12.3. The maximum atomic E-state index is 9.90. The number of nitrogens with zero attached hydrogens (tertiary/aromatic N) is 6. The van der Waals surface area contributed by atoms with E-state index < -0.39 is 0 Å². The van der Waals surface area contributed by atoms with Crippen LogP contribution >= 0.6 is 0 Å². The smallest absolute Gasteiger partial charge is 0.0998 e. The van der Waals surface area contributed by atoms with Crippen LogP contribution < -0.4 is 0 Å². The van der Waals surface area contributed by atoms with E-state index in [1.807, 2.05) is 116 Å². The first-order valence-electron chi connectivity index (χ1n) is 15.1. The van der Waals surface area contributed by atoms with Gasteiger partial charge in [0.1, 0.15) is 0 Å². The molecule has 7 aromatic rings. The lowest BCUT2D eigenvalue weighted by Gasteiger charge is -2.13. The molecule has 2 aromatic heterocycles. The molecule has 0 fully saturated rings. The average Bonchev–Trinajstić information content (AvgIpc) is 3.13. The zero-order valence-corrected chi connectivity index (χ0v) is 25.5. The van der Waals surface area contributed by atoms with E-state index in [-0.39, 0.29) is 0 Å². The summed E-state index contributed by atoms with van der Waals surface area (Å²) in [7, 11) is 0. The van der Waals surface area contributed by atoms with Crippen LogP contribution in [0.2, 0.25) is 0 Å². The van der Waals surface area contributed by atoms with Gasteiger partial charge >= 0.3 is 0 Å². The summed E-state index contributed by atoms with van der Waals surface area (Å²) in [5.74, 6) is 0. The molecule has 5 aromatic carbocycles. The van der Waals surface area contributed by atoms with Crippen molar-refractivity contribution in [2.75, 3.05) is 0 Å². The quantitative estimate of drug-likeness (QED) is 0.176. The average molecular weight is 603 g/mol. The highest BCUT2D eigenvalue weighted by atomic mass is 14.8. The lowest BCUT2D eigenvalue weighted by atomic mass is 9.98. The third-order valence-corrected chi connectivity index (χ3v) is 8.06. The van der Waals surface area contributed by atoms with Crippen LogP contribution in [0.15, 0.2) is 134 Å². The van der Waals surface area contributed by atoms with Crippen LogP contribution in [0.3, 0.4) is 0 Å². The molecule has 0 aliphatic rings. The molecule has 47 heavy (non-hydrogen) atoms. The van der Waals surface area contributed by atoms with Crippen LogP contribution in [-0.2, 0) is 0 Å². The normalized spacial score (nSPS) is 11.3. The van der Waals surface area contributed by atoms with Crippen molar-refractivity contribution in [3.63, 3.8) is 0 Å². The number of hydrogen-bond acceptors (Lipinski definition) is 6. The van der Waals surface area contributed by atoms with Crippen molar-refractivity contribution in [1.82, 2.24) is 19.9 Å². The number of benzene rings is 5. The van der Waals surface area contributed by atoms with Crippen LogP contribution in [0.1, 0.15) is 23.7 Å². The molecule has 0 radical (unpaired) electrons. The molecule has 0 aliphatic heterocycles. The molecule has 0 unspecified atom stereocenters. The second-order valence-corrected chi connectivity index (χ2v) is 11.0. The largest absolute Gasteiger partial charge is 0.244 e. The Balaban J connectivity index is 1.40. The zero-order valence-electron chi connectivity index (χ0n) is 25.5. The van der Waals surface area contributed by atoms with Crippen molar-refractivity contribution in [2.24, 2.45) is 0 Å². The van der Waals surface area contributed by atoms with E-state index in [0.29, 0.717) is 39.2 Å². The van der Waals surface area contributed by atoms with Crippen molar-refractivity contribution in [3.8, 4) is 57.0 Å². The van der Waals surface area contributed by atoms with Crippen LogP contribution in [-0.4, -0.2) is 19.9 Å². The molecule has 0 atom stereocenters. The van der Waals surface area contributed by atoms with Crippen LogP contribution in [0, 0.1) is 22.7 Å². The number of rotatable bonds is 6. The molecule has 7 rings (SSSR count). The summed E-state index contributed by atoms with van der Waals surface area (Å²) in [5, 5.41) is 19.7. The van der Waals surface area contributed by atoms with Gasteiger partial charge in [0.15, 0.2) is 0 Å². The van der Waals surface area contributed by atoms with Crippen molar-refractivity contribution >= 4 is 27.6 Å². The van der Waals surface area contributed by atoms with E-state index in [1.54, 1.807) is 18.2 Å². The summed E-state index contributed by atoms with van der Waals surface area (Å²) in [5.41, 5.74) is 11.8. The highest BCUT2D eigenvalue weighted by molar-refractivity contribution is 5.92. The Hall–Kier alpha value is -6.76. The van der Waals surface area contributed by atoms with Gasteiger partial charge < -0.3 is 0 Å². The fourth-order valence-electron chi connectivity index (χ4n) is 5.75. The van der Waals surface area contributed by atoms with Gasteiger partial charge in [-0.05, 0) is 60.0 Å². The number of nitriles is 2. The topological polar surface area (TPSA) is 99.1 Å². The Kier molecular flexibility index (Phi) is 7.60. The Morgan fingerprint density at radius 3 is 1.66 bits per heavy atom. The Labute approximate surface area is 272 Å². The summed E-state index contributed by atoms with van der Waals surface area (Å²) in [4.78, 5) is 20.2. The summed E-state index contributed by atoms with van der Waals surface area (Å²) in [6, 6.07) is 41.4. The number of hydrogen-bond donors (Lipinski definition) is 0. The van der Waals surface area contributed by atoms with Gasteiger partial charge in [-0.1, -0.05) is 97.6 Å². The first kappa shape index (κ1) is 29.0. The van der Waals surface area contributed by atoms with Gasteiger partial charge in [0.05, 0.1) is 68.1 Å². The Bertz CT molecular complexity index is 2460. The molecular weight excluding hydrogens is 576 g/mol. The molecule has 0 bridgehead atoms. The maximum Gasteiger partial charge on any atom is 0.0998 e. The summed E-state index contributed by atoms with van der Waals surface area (Å²) < 4.78 is 0. The minimum atomic E-state index is 0.529. The molecule has 6 nitrogen and oxygen atoms in total. The first-order chi connectivity index (χ1) is 23.1. The predicted octanol–water partition coefficient (Wildman–Crippen LogP) is 9.57. The third-order valence-electron chi connectivity index (χ3n) is 8.06. The lowest BCUT2D eigenvalue weighted by molar-refractivity contribution is 1.24. The van der Waals surface area contributed by atoms with Gasteiger partial charge in [-0.3, -0.25) is 0 Å². The van der Waals surface area contributed by atoms with Gasteiger partial charge in [0, 0.05) is 16.7 Å². The highest BCUT2D eigenvalue weighted by Gasteiger charge is 2.18.